The Kier molecular flexibility index (Phi) is 4.30. The molecule has 2 rings (SSSR count). The summed E-state index contributed by atoms with van der Waals surface area (Å²) in [6.45, 7) is 0.454. The minimum Gasteiger partial charge on any atom is -0.395 e. The monoisotopic (exact) mass is 281 g/mol. The number of thiocarbonyl (C=S) groups is 1. The van der Waals surface area contributed by atoms with Gasteiger partial charge in [-0.05, 0) is 36.5 Å². The lowest BCUT2D eigenvalue weighted by Gasteiger charge is -2.11. The second kappa shape index (κ2) is 5.95. The molecule has 3 N–H and O–H groups in total. The van der Waals surface area contributed by atoms with Crippen molar-refractivity contribution < 1.29 is 5.11 Å². The minimum absolute atomic E-state index is 0.0362. The van der Waals surface area contributed by atoms with Crippen LogP contribution in [0.3, 0.4) is 0 Å². The zero-order valence-electron chi connectivity index (χ0n) is 9.48. The standard InChI is InChI=1S/C12H12ClN3OS/c13-8-1-2-9-10(3-4-14-11(9)7-8)16-12(18)15-5-6-17/h1-4,7,17H,5-6H2,(H2,14,15,16,18). The van der Waals surface area contributed by atoms with Crippen LogP contribution in [0.5, 0.6) is 0 Å². The SMILES string of the molecule is OCCNC(=S)Nc1ccnc2cc(Cl)ccc12. The van der Waals surface area contributed by atoms with Gasteiger partial charge in [-0.3, -0.25) is 4.98 Å². The molecule has 0 saturated heterocycles. The number of benzene rings is 1. The molecule has 94 valence electrons. The van der Waals surface area contributed by atoms with Gasteiger partial charge in [0.25, 0.3) is 0 Å². The molecule has 0 unspecified atom stereocenters. The van der Waals surface area contributed by atoms with Crippen molar-refractivity contribution in [1.29, 1.82) is 0 Å². The van der Waals surface area contributed by atoms with Crippen molar-refractivity contribution in [2.24, 2.45) is 0 Å². The van der Waals surface area contributed by atoms with Gasteiger partial charge in [0.2, 0.25) is 0 Å². The van der Waals surface area contributed by atoms with E-state index >= 15 is 0 Å². The third-order valence-corrected chi connectivity index (χ3v) is 2.83. The molecular formula is C12H12ClN3OS. The number of aliphatic hydroxyl groups excluding tert-OH is 1. The van der Waals surface area contributed by atoms with Crippen molar-refractivity contribution in [2.75, 3.05) is 18.5 Å². The lowest BCUT2D eigenvalue weighted by Crippen LogP contribution is -2.30. The number of hydrogen-bond acceptors (Lipinski definition) is 3. The number of halogens is 1. The smallest absolute Gasteiger partial charge is 0.170 e. The lowest BCUT2D eigenvalue weighted by atomic mass is 10.2. The molecule has 0 saturated carbocycles. The van der Waals surface area contributed by atoms with Gasteiger partial charge in [-0.2, -0.15) is 0 Å². The quantitative estimate of drug-likeness (QED) is 0.753. The fraction of sp³-hybridized carbons (Fsp3) is 0.167. The average molecular weight is 282 g/mol. The summed E-state index contributed by atoms with van der Waals surface area (Å²) >= 11 is 11.0. The van der Waals surface area contributed by atoms with E-state index in [-0.39, 0.29) is 6.61 Å². The molecule has 0 aliphatic carbocycles. The molecule has 0 spiro atoms. The number of hydrogen-bond donors (Lipinski definition) is 3. The molecule has 0 aliphatic rings. The molecule has 0 bridgehead atoms. The van der Waals surface area contributed by atoms with Crippen LogP contribution < -0.4 is 10.6 Å². The van der Waals surface area contributed by atoms with E-state index in [2.05, 4.69) is 15.6 Å². The summed E-state index contributed by atoms with van der Waals surface area (Å²) in [6, 6.07) is 7.33. The van der Waals surface area contributed by atoms with Crippen molar-refractivity contribution >= 4 is 45.5 Å². The van der Waals surface area contributed by atoms with Gasteiger partial charge in [-0.15, -0.1) is 0 Å². The van der Waals surface area contributed by atoms with Crippen LogP contribution in [0, 0.1) is 0 Å². The maximum absolute atomic E-state index is 8.71. The Morgan fingerprint density at radius 2 is 2.22 bits per heavy atom. The Hall–Kier alpha value is -1.43. The van der Waals surface area contributed by atoms with E-state index in [1.54, 1.807) is 18.3 Å². The first-order chi connectivity index (χ1) is 8.70. The predicted octanol–water partition coefficient (Wildman–Crippen LogP) is 2.17. The summed E-state index contributed by atoms with van der Waals surface area (Å²) in [6.07, 6.45) is 1.69. The highest BCUT2D eigenvalue weighted by molar-refractivity contribution is 7.80. The average Bonchev–Trinajstić information content (AvgIpc) is 2.36. The Bertz CT molecular complexity index is 576. The highest BCUT2D eigenvalue weighted by atomic mass is 35.5. The first-order valence-corrected chi connectivity index (χ1v) is 6.19. The van der Waals surface area contributed by atoms with Crippen LogP contribution in [0.4, 0.5) is 5.69 Å². The van der Waals surface area contributed by atoms with Gasteiger partial charge < -0.3 is 15.7 Å². The summed E-state index contributed by atoms with van der Waals surface area (Å²) in [5.41, 5.74) is 1.66. The van der Waals surface area contributed by atoms with Gasteiger partial charge in [0.15, 0.2) is 5.11 Å². The largest absolute Gasteiger partial charge is 0.395 e. The van der Waals surface area contributed by atoms with E-state index in [0.717, 1.165) is 16.6 Å². The number of pyridine rings is 1. The maximum atomic E-state index is 8.71. The van der Waals surface area contributed by atoms with Crippen molar-refractivity contribution in [3.8, 4) is 0 Å². The third-order valence-electron chi connectivity index (χ3n) is 2.35. The molecule has 1 aromatic carbocycles. The number of aromatic nitrogens is 1. The fourth-order valence-corrected chi connectivity index (χ4v) is 1.94. The van der Waals surface area contributed by atoms with Crippen LogP contribution in [0.25, 0.3) is 10.9 Å². The van der Waals surface area contributed by atoms with E-state index in [1.807, 2.05) is 12.1 Å². The normalized spacial score (nSPS) is 10.3. The number of nitrogens with one attached hydrogen (secondary N) is 2. The fourth-order valence-electron chi connectivity index (χ4n) is 1.57. The second-order valence-corrected chi connectivity index (χ2v) is 4.47. The zero-order valence-corrected chi connectivity index (χ0v) is 11.1. The molecule has 0 aliphatic heterocycles. The number of nitrogens with zero attached hydrogens (tertiary/aromatic N) is 1. The maximum Gasteiger partial charge on any atom is 0.170 e. The third kappa shape index (κ3) is 3.07. The van der Waals surface area contributed by atoms with E-state index in [0.29, 0.717) is 16.7 Å². The summed E-state index contributed by atoms with van der Waals surface area (Å²) in [5.74, 6) is 0. The van der Waals surface area contributed by atoms with E-state index in [1.165, 1.54) is 0 Å². The molecule has 1 heterocycles. The Balaban J connectivity index is 2.25. The summed E-state index contributed by atoms with van der Waals surface area (Å²) in [7, 11) is 0. The summed E-state index contributed by atoms with van der Waals surface area (Å²) in [4.78, 5) is 4.24. The highest BCUT2D eigenvalue weighted by Gasteiger charge is 2.04. The molecule has 2 aromatic rings. The van der Waals surface area contributed by atoms with Gasteiger partial charge in [0, 0.05) is 23.2 Å². The first kappa shape index (κ1) is 13.0. The van der Waals surface area contributed by atoms with Crippen LogP contribution in [-0.4, -0.2) is 28.4 Å². The molecule has 1 aromatic heterocycles. The zero-order chi connectivity index (χ0) is 13.0. The second-order valence-electron chi connectivity index (χ2n) is 3.62. The van der Waals surface area contributed by atoms with Crippen molar-refractivity contribution in [3.63, 3.8) is 0 Å². The van der Waals surface area contributed by atoms with Crippen LogP contribution >= 0.6 is 23.8 Å². The highest BCUT2D eigenvalue weighted by Crippen LogP contribution is 2.24. The molecule has 0 radical (unpaired) electrons. The van der Waals surface area contributed by atoms with Crippen molar-refractivity contribution in [3.05, 3.63) is 35.5 Å². The van der Waals surface area contributed by atoms with Gasteiger partial charge >= 0.3 is 0 Å². The molecule has 0 fully saturated rings. The number of fused-ring (bicyclic) bond motifs is 1. The van der Waals surface area contributed by atoms with E-state index < -0.39 is 0 Å². The number of rotatable bonds is 3. The molecule has 0 atom stereocenters. The molecule has 4 nitrogen and oxygen atoms in total. The Morgan fingerprint density at radius 1 is 1.39 bits per heavy atom. The van der Waals surface area contributed by atoms with E-state index in [4.69, 9.17) is 28.9 Å². The Labute approximate surface area is 115 Å². The van der Waals surface area contributed by atoms with Crippen molar-refractivity contribution in [2.45, 2.75) is 0 Å². The summed E-state index contributed by atoms with van der Waals surface area (Å²) in [5, 5.41) is 16.7. The van der Waals surface area contributed by atoms with Gasteiger partial charge in [0.05, 0.1) is 17.8 Å². The van der Waals surface area contributed by atoms with Crippen LogP contribution in [0.2, 0.25) is 5.02 Å². The topological polar surface area (TPSA) is 57.2 Å². The minimum atomic E-state index is 0.0362. The van der Waals surface area contributed by atoms with E-state index in [9.17, 15) is 0 Å². The molecular weight excluding hydrogens is 270 g/mol. The Morgan fingerprint density at radius 3 is 3.00 bits per heavy atom. The number of aliphatic hydroxyl groups is 1. The van der Waals surface area contributed by atoms with Gasteiger partial charge in [0.1, 0.15) is 0 Å². The molecule has 0 amide bonds. The lowest BCUT2D eigenvalue weighted by molar-refractivity contribution is 0.301. The van der Waals surface area contributed by atoms with Gasteiger partial charge in [-0.1, -0.05) is 11.6 Å². The van der Waals surface area contributed by atoms with Crippen LogP contribution in [0.1, 0.15) is 0 Å². The first-order valence-electron chi connectivity index (χ1n) is 5.40. The molecule has 6 heteroatoms. The summed E-state index contributed by atoms with van der Waals surface area (Å²) < 4.78 is 0. The molecule has 18 heavy (non-hydrogen) atoms. The van der Waals surface area contributed by atoms with Crippen molar-refractivity contribution in [1.82, 2.24) is 10.3 Å². The van der Waals surface area contributed by atoms with Gasteiger partial charge in [-0.25, -0.2) is 0 Å². The number of anilines is 1. The van der Waals surface area contributed by atoms with Crippen LogP contribution in [-0.2, 0) is 0 Å². The predicted molar refractivity (Wildman–Crippen MR) is 78.1 cm³/mol. The van der Waals surface area contributed by atoms with Crippen LogP contribution in [0.15, 0.2) is 30.5 Å².